The van der Waals surface area contributed by atoms with Crippen LogP contribution in [0.2, 0.25) is 0 Å². The van der Waals surface area contributed by atoms with E-state index < -0.39 is 0 Å². The topological polar surface area (TPSA) is 55.2 Å². The van der Waals surface area contributed by atoms with Crippen LogP contribution in [0.25, 0.3) is 38.8 Å². The Bertz CT molecular complexity index is 3640. The smallest absolute Gasteiger partial charge is 0.157 e. The van der Waals surface area contributed by atoms with Crippen molar-refractivity contribution in [2.45, 2.75) is 36.0 Å². The number of ether oxygens (including phenoxy) is 3. The summed E-state index contributed by atoms with van der Waals surface area (Å²) in [6, 6.07) is 63.9. The molecule has 0 bridgehead atoms. The van der Waals surface area contributed by atoms with Gasteiger partial charge in [0.1, 0.15) is 22.9 Å². The van der Waals surface area contributed by atoms with Crippen molar-refractivity contribution in [1.82, 2.24) is 9.55 Å². The number of hydrogen-bond donors (Lipinski definition) is 0. The Kier molecular flexibility index (Phi) is 9.17. The van der Waals surface area contributed by atoms with Crippen LogP contribution in [-0.4, -0.2) is 9.55 Å². The van der Waals surface area contributed by atoms with Crippen LogP contribution in [0.4, 0.5) is 39.8 Å². The van der Waals surface area contributed by atoms with Gasteiger partial charge in [-0.15, -0.1) is 48.1 Å². The van der Waals surface area contributed by atoms with Gasteiger partial charge >= 0.3 is 0 Å². The minimum absolute atomic E-state index is 0. The standard InChI is InChI=1S/C58H38N5O3S.Pt/c1-58(2,3)37-26-27-59-54(29-37)62-44-25-22-36(35-12-5-4-6-13-35)28-43(44)42-24-23-41(33-47(42)62)64-40-15-9-14-38(30-40)60-34-61(46-17-8-7-16-45(46)60)39-31-50-55-51(32-39)66-49-19-11-21-53-57(49)63(55)56-48(65-50)18-10-20-52(56)67-53;/h4-29,31-32,34H,1-3H3;/q-3;. The number of fused-ring (bicyclic) bond motifs is 4. The molecule has 4 aliphatic rings. The maximum absolute atomic E-state index is 6.72. The van der Waals surface area contributed by atoms with Crippen LogP contribution in [0.5, 0.6) is 34.5 Å². The number of benzene rings is 8. The van der Waals surface area contributed by atoms with E-state index in [1.807, 2.05) is 48.7 Å². The van der Waals surface area contributed by atoms with Gasteiger partial charge in [-0.25, -0.2) is 4.98 Å². The monoisotopic (exact) mass is 1080 g/mol. The molecule has 10 heteroatoms. The second-order valence-corrected chi connectivity index (χ2v) is 19.2. The molecule has 0 saturated heterocycles. The Morgan fingerprint density at radius 1 is 0.588 bits per heavy atom. The fraction of sp³-hybridized carbons (Fsp3) is 0.0690. The third kappa shape index (κ3) is 6.29. The molecule has 0 unspecified atom stereocenters. The maximum Gasteiger partial charge on any atom is 0.157 e. The van der Waals surface area contributed by atoms with E-state index in [9.17, 15) is 0 Å². The number of hydrogen-bond acceptors (Lipinski definition) is 8. The van der Waals surface area contributed by atoms with Gasteiger partial charge in [0.15, 0.2) is 23.0 Å². The van der Waals surface area contributed by atoms with Crippen LogP contribution < -0.4 is 28.9 Å². The van der Waals surface area contributed by atoms with Crippen molar-refractivity contribution in [3.8, 4) is 51.4 Å². The average molecular weight is 1080 g/mol. The van der Waals surface area contributed by atoms with Crippen LogP contribution in [-0.2, 0) is 26.5 Å². The van der Waals surface area contributed by atoms with Gasteiger partial charge in [-0.3, -0.25) is 4.90 Å². The summed E-state index contributed by atoms with van der Waals surface area (Å²) in [5.74, 6) is 5.08. The second-order valence-electron chi connectivity index (χ2n) is 18.2. The molecule has 332 valence electrons. The molecular weight excluding hydrogens is 1040 g/mol. The van der Waals surface area contributed by atoms with Crippen molar-refractivity contribution in [2.24, 2.45) is 0 Å². The van der Waals surface area contributed by atoms with E-state index >= 15 is 0 Å². The first-order valence-corrected chi connectivity index (χ1v) is 23.2. The zero-order valence-electron chi connectivity index (χ0n) is 36.9. The Balaban J connectivity index is 0.00000457. The van der Waals surface area contributed by atoms with E-state index in [0.29, 0.717) is 11.5 Å². The Morgan fingerprint density at radius 2 is 1.28 bits per heavy atom. The largest absolute Gasteiger partial charge is 0.509 e. The van der Waals surface area contributed by atoms with Gasteiger partial charge in [0.25, 0.3) is 0 Å². The molecule has 8 nitrogen and oxygen atoms in total. The van der Waals surface area contributed by atoms with Gasteiger partial charge in [0, 0.05) is 83.3 Å². The first kappa shape index (κ1) is 40.8. The third-order valence-corrected chi connectivity index (χ3v) is 14.1. The molecule has 0 spiro atoms. The fourth-order valence-corrected chi connectivity index (χ4v) is 11.0. The fourth-order valence-electron chi connectivity index (χ4n) is 9.85. The molecule has 0 amide bonds. The van der Waals surface area contributed by atoms with E-state index in [0.717, 1.165) is 106 Å². The molecule has 6 heterocycles. The molecule has 8 aromatic carbocycles. The van der Waals surface area contributed by atoms with Crippen molar-refractivity contribution in [3.05, 3.63) is 194 Å². The number of rotatable bonds is 6. The van der Waals surface area contributed by atoms with Crippen LogP contribution >= 0.6 is 11.8 Å². The molecule has 14 rings (SSSR count). The molecule has 4 aliphatic heterocycles. The minimum atomic E-state index is -0.0541. The molecule has 68 heavy (non-hydrogen) atoms. The van der Waals surface area contributed by atoms with Crippen molar-refractivity contribution in [1.29, 1.82) is 0 Å². The van der Waals surface area contributed by atoms with Crippen molar-refractivity contribution in [3.63, 3.8) is 0 Å². The average Bonchev–Trinajstić information content (AvgIpc) is 3.90. The van der Waals surface area contributed by atoms with Gasteiger partial charge in [0.05, 0.1) is 0 Å². The van der Waals surface area contributed by atoms with E-state index in [1.165, 1.54) is 11.1 Å². The molecule has 2 aromatic heterocycles. The first-order valence-electron chi connectivity index (χ1n) is 22.3. The quantitative estimate of drug-likeness (QED) is 0.153. The zero-order valence-corrected chi connectivity index (χ0v) is 40.0. The van der Waals surface area contributed by atoms with Crippen LogP contribution in [0.3, 0.4) is 0 Å². The Morgan fingerprint density at radius 3 is 2.01 bits per heavy atom. The summed E-state index contributed by atoms with van der Waals surface area (Å²) < 4.78 is 22.3. The van der Waals surface area contributed by atoms with Gasteiger partial charge < -0.3 is 28.6 Å². The molecule has 0 atom stereocenters. The predicted molar refractivity (Wildman–Crippen MR) is 267 cm³/mol. The Labute approximate surface area is 412 Å². The Hall–Kier alpha value is -7.45. The summed E-state index contributed by atoms with van der Waals surface area (Å²) in [7, 11) is 0. The summed E-state index contributed by atoms with van der Waals surface area (Å²) in [6.07, 6.45) is 1.90. The zero-order chi connectivity index (χ0) is 44.5. The van der Waals surface area contributed by atoms with Gasteiger partial charge in [0.2, 0.25) is 0 Å². The first-order chi connectivity index (χ1) is 32.8. The summed E-state index contributed by atoms with van der Waals surface area (Å²) in [6.45, 7) is 8.77. The van der Waals surface area contributed by atoms with Crippen LogP contribution in [0, 0.1) is 18.8 Å². The molecule has 0 saturated carbocycles. The van der Waals surface area contributed by atoms with Gasteiger partial charge in [-0.2, -0.15) is 12.1 Å². The molecule has 0 N–H and O–H groups in total. The van der Waals surface area contributed by atoms with E-state index in [2.05, 4.69) is 180 Å². The van der Waals surface area contributed by atoms with E-state index in [4.69, 9.17) is 19.2 Å². The third-order valence-electron chi connectivity index (χ3n) is 13.0. The summed E-state index contributed by atoms with van der Waals surface area (Å²) in [5, 5.41) is 2.18. The number of aromatic nitrogens is 2. The van der Waals surface area contributed by atoms with Crippen LogP contribution in [0.1, 0.15) is 26.3 Å². The van der Waals surface area contributed by atoms with Crippen molar-refractivity contribution in [2.75, 3.05) is 14.7 Å². The van der Waals surface area contributed by atoms with Crippen molar-refractivity contribution >= 4 is 73.4 Å². The van der Waals surface area contributed by atoms with Gasteiger partial charge in [-0.05, 0) is 82.1 Å². The summed E-state index contributed by atoms with van der Waals surface area (Å²) >= 11 is 1.75. The van der Waals surface area contributed by atoms with Gasteiger partial charge in [-0.1, -0.05) is 105 Å². The van der Waals surface area contributed by atoms with E-state index in [1.54, 1.807) is 11.8 Å². The summed E-state index contributed by atoms with van der Waals surface area (Å²) in [4.78, 5) is 13.9. The normalized spacial score (nSPS) is 13.7. The SMILES string of the molecule is CC(C)(C)c1ccnc(-n2c3[c-]c(Oc4[c-]c(N5[CH-]N(c6cc7c8c(c6)Oc6cccc9c6N8c6c(cccc6S9)O7)c6ccccc65)ccc4)ccc3c3cc(-c4ccccc4)ccc32)c1.[Pt]. The summed E-state index contributed by atoms with van der Waals surface area (Å²) in [5.41, 5.74) is 12.1. The molecule has 10 aromatic rings. The number of pyridine rings is 1. The number of para-hydroxylation sites is 4. The second kappa shape index (κ2) is 15.3. The number of anilines is 7. The van der Waals surface area contributed by atoms with E-state index in [-0.39, 0.29) is 26.5 Å². The molecule has 0 fully saturated rings. The number of nitrogens with zero attached hydrogens (tertiary/aromatic N) is 5. The van der Waals surface area contributed by atoms with Crippen LogP contribution in [0.15, 0.2) is 180 Å². The molecule has 0 aliphatic carbocycles. The maximum atomic E-state index is 6.72. The minimum Gasteiger partial charge on any atom is -0.509 e. The molecular formula is C58H38N5O3PtS-3. The molecule has 0 radical (unpaired) electrons. The predicted octanol–water partition coefficient (Wildman–Crippen LogP) is 16.1. The van der Waals surface area contributed by atoms with Crippen molar-refractivity contribution < 1.29 is 35.3 Å².